The van der Waals surface area contributed by atoms with Gasteiger partial charge in [0.2, 0.25) is 5.91 Å². The lowest BCUT2D eigenvalue weighted by atomic mass is 9.97. The molecule has 2 heterocycles. The van der Waals surface area contributed by atoms with Gasteiger partial charge >= 0.3 is 0 Å². The van der Waals surface area contributed by atoms with E-state index in [-0.39, 0.29) is 24.2 Å². The number of nitrogens with one attached hydrogen (secondary N) is 2. The van der Waals surface area contributed by atoms with E-state index in [0.29, 0.717) is 5.82 Å². The lowest BCUT2D eigenvalue weighted by Gasteiger charge is -2.21. The molecule has 6 heteroatoms. The van der Waals surface area contributed by atoms with Crippen molar-refractivity contribution in [1.82, 2.24) is 10.3 Å². The molecular weight excluding hydrogens is 245 g/mol. The Morgan fingerprint density at radius 1 is 1.41 bits per heavy atom. The van der Waals surface area contributed by atoms with Crippen LogP contribution in [0.4, 0.5) is 10.2 Å². The Bertz CT molecular complexity index is 365. The van der Waals surface area contributed by atoms with Gasteiger partial charge in [0.1, 0.15) is 11.6 Å². The number of aromatic nitrogens is 1. The minimum absolute atomic E-state index is 0. The molecule has 1 fully saturated rings. The molecule has 17 heavy (non-hydrogen) atoms. The molecule has 4 nitrogen and oxygen atoms in total. The van der Waals surface area contributed by atoms with E-state index in [4.69, 9.17) is 0 Å². The largest absolute Gasteiger partial charge is 0.317 e. The highest BCUT2D eigenvalue weighted by Crippen LogP contribution is 2.14. The van der Waals surface area contributed by atoms with Crippen LogP contribution in [-0.4, -0.2) is 24.0 Å². The van der Waals surface area contributed by atoms with E-state index in [9.17, 15) is 9.18 Å². The van der Waals surface area contributed by atoms with Crippen molar-refractivity contribution < 1.29 is 9.18 Å². The predicted molar refractivity (Wildman–Crippen MR) is 65.7 cm³/mol. The minimum Gasteiger partial charge on any atom is -0.317 e. The molecule has 1 aliphatic rings. The van der Waals surface area contributed by atoms with E-state index < -0.39 is 5.82 Å². The third-order valence-corrected chi connectivity index (χ3v) is 2.69. The summed E-state index contributed by atoms with van der Waals surface area (Å²) in [7, 11) is 0. The van der Waals surface area contributed by atoms with Gasteiger partial charge in [-0.1, -0.05) is 0 Å². The summed E-state index contributed by atoms with van der Waals surface area (Å²) in [4.78, 5) is 15.6. The second kappa shape index (κ2) is 6.51. The number of hydrogen-bond donors (Lipinski definition) is 2. The maximum atomic E-state index is 12.6. The number of amides is 1. The van der Waals surface area contributed by atoms with E-state index in [1.165, 1.54) is 12.1 Å². The first-order chi connectivity index (χ1) is 7.75. The Morgan fingerprint density at radius 3 is 2.71 bits per heavy atom. The molecule has 0 radical (unpaired) electrons. The molecule has 1 amide bonds. The summed E-state index contributed by atoms with van der Waals surface area (Å²) in [6.07, 6.45) is 2.78. The van der Waals surface area contributed by atoms with Gasteiger partial charge in [-0.25, -0.2) is 9.37 Å². The van der Waals surface area contributed by atoms with Crippen LogP contribution in [0, 0.1) is 11.7 Å². The van der Waals surface area contributed by atoms with Crippen LogP contribution in [0.15, 0.2) is 18.3 Å². The zero-order chi connectivity index (χ0) is 11.4. The second-order valence-corrected chi connectivity index (χ2v) is 3.88. The van der Waals surface area contributed by atoms with E-state index in [1.807, 2.05) is 0 Å². The fourth-order valence-corrected chi connectivity index (χ4v) is 1.76. The highest BCUT2D eigenvalue weighted by Gasteiger charge is 2.20. The normalized spacial score (nSPS) is 16.1. The highest BCUT2D eigenvalue weighted by molar-refractivity contribution is 5.91. The van der Waals surface area contributed by atoms with Crippen LogP contribution < -0.4 is 10.6 Å². The van der Waals surface area contributed by atoms with Gasteiger partial charge < -0.3 is 10.6 Å². The molecule has 94 valence electrons. The number of halogens is 2. The number of hydrogen-bond acceptors (Lipinski definition) is 3. The van der Waals surface area contributed by atoms with Crippen molar-refractivity contribution in [1.29, 1.82) is 0 Å². The monoisotopic (exact) mass is 259 g/mol. The molecule has 0 bridgehead atoms. The van der Waals surface area contributed by atoms with Crippen molar-refractivity contribution in [3.8, 4) is 0 Å². The van der Waals surface area contributed by atoms with Crippen LogP contribution in [0.2, 0.25) is 0 Å². The van der Waals surface area contributed by atoms with Crippen molar-refractivity contribution >= 4 is 24.1 Å². The lowest BCUT2D eigenvalue weighted by Crippen LogP contribution is -2.34. The van der Waals surface area contributed by atoms with Crippen molar-refractivity contribution in [3.05, 3.63) is 24.1 Å². The second-order valence-electron chi connectivity index (χ2n) is 3.88. The molecule has 1 saturated heterocycles. The number of nitrogens with zero attached hydrogens (tertiary/aromatic N) is 1. The third kappa shape index (κ3) is 3.94. The van der Waals surface area contributed by atoms with Crippen molar-refractivity contribution in [2.24, 2.45) is 5.92 Å². The third-order valence-electron chi connectivity index (χ3n) is 2.69. The average molecular weight is 260 g/mol. The van der Waals surface area contributed by atoms with Gasteiger partial charge in [-0.3, -0.25) is 4.79 Å². The SMILES string of the molecule is Cl.O=C(Nc1ccc(F)cn1)C1CCNCC1. The summed E-state index contributed by atoms with van der Waals surface area (Å²) in [6.45, 7) is 1.74. The van der Waals surface area contributed by atoms with E-state index >= 15 is 0 Å². The van der Waals surface area contributed by atoms with E-state index in [0.717, 1.165) is 32.1 Å². The van der Waals surface area contributed by atoms with Crippen LogP contribution in [-0.2, 0) is 4.79 Å². The smallest absolute Gasteiger partial charge is 0.228 e. The van der Waals surface area contributed by atoms with Gasteiger partial charge in [-0.2, -0.15) is 0 Å². The number of carbonyl (C=O) groups is 1. The molecule has 0 aliphatic carbocycles. The highest BCUT2D eigenvalue weighted by atomic mass is 35.5. The van der Waals surface area contributed by atoms with Gasteiger partial charge in [0.15, 0.2) is 0 Å². The van der Waals surface area contributed by atoms with E-state index in [1.54, 1.807) is 0 Å². The first-order valence-corrected chi connectivity index (χ1v) is 5.39. The fourth-order valence-electron chi connectivity index (χ4n) is 1.76. The van der Waals surface area contributed by atoms with Gasteiger partial charge in [0.25, 0.3) is 0 Å². The summed E-state index contributed by atoms with van der Waals surface area (Å²) >= 11 is 0. The first-order valence-electron chi connectivity index (χ1n) is 5.39. The molecule has 0 atom stereocenters. The van der Waals surface area contributed by atoms with Crippen molar-refractivity contribution in [2.45, 2.75) is 12.8 Å². The van der Waals surface area contributed by atoms with Gasteiger partial charge in [-0.15, -0.1) is 12.4 Å². The Balaban J connectivity index is 0.00000144. The molecule has 2 N–H and O–H groups in total. The maximum Gasteiger partial charge on any atom is 0.228 e. The predicted octanol–water partition coefficient (Wildman–Crippen LogP) is 1.58. The summed E-state index contributed by atoms with van der Waals surface area (Å²) in [5.41, 5.74) is 0. The summed E-state index contributed by atoms with van der Waals surface area (Å²) in [5, 5.41) is 5.89. The standard InChI is InChI=1S/C11H14FN3O.ClH/c12-9-1-2-10(14-7-9)15-11(16)8-3-5-13-6-4-8;/h1-2,7-8,13H,3-6H2,(H,14,15,16);1H. The molecule has 0 unspecified atom stereocenters. The molecule has 1 aromatic rings. The Labute approximate surface area is 105 Å². The quantitative estimate of drug-likeness (QED) is 0.848. The minimum atomic E-state index is -0.403. The fraction of sp³-hybridized carbons (Fsp3) is 0.455. The van der Waals surface area contributed by atoms with Gasteiger partial charge in [0, 0.05) is 5.92 Å². The van der Waals surface area contributed by atoms with Gasteiger partial charge in [0.05, 0.1) is 6.20 Å². The number of piperidine rings is 1. The summed E-state index contributed by atoms with van der Waals surface area (Å²) in [5.74, 6) is 0.0125. The average Bonchev–Trinajstić information content (AvgIpc) is 2.33. The van der Waals surface area contributed by atoms with Crippen LogP contribution in [0.3, 0.4) is 0 Å². The number of pyridine rings is 1. The number of anilines is 1. The topological polar surface area (TPSA) is 54.0 Å². The maximum absolute atomic E-state index is 12.6. The summed E-state index contributed by atoms with van der Waals surface area (Å²) < 4.78 is 12.6. The Hall–Kier alpha value is -1.20. The summed E-state index contributed by atoms with van der Waals surface area (Å²) in [6, 6.07) is 2.75. The van der Waals surface area contributed by atoms with Crippen molar-refractivity contribution in [2.75, 3.05) is 18.4 Å². The number of carbonyl (C=O) groups excluding carboxylic acids is 1. The van der Waals surface area contributed by atoms with Gasteiger partial charge in [-0.05, 0) is 38.1 Å². The Kier molecular flexibility index (Phi) is 5.31. The first kappa shape index (κ1) is 13.9. The molecule has 0 aromatic carbocycles. The van der Waals surface area contributed by atoms with E-state index in [2.05, 4.69) is 15.6 Å². The zero-order valence-electron chi connectivity index (χ0n) is 9.28. The molecule has 0 spiro atoms. The molecule has 1 aliphatic heterocycles. The van der Waals surface area contributed by atoms with Crippen molar-refractivity contribution in [3.63, 3.8) is 0 Å². The molecular formula is C11H15ClFN3O. The van der Waals surface area contributed by atoms with Crippen LogP contribution in [0.5, 0.6) is 0 Å². The van der Waals surface area contributed by atoms with Crippen LogP contribution in [0.1, 0.15) is 12.8 Å². The molecule has 0 saturated carbocycles. The molecule has 1 aromatic heterocycles. The Morgan fingerprint density at radius 2 is 2.12 bits per heavy atom. The molecule has 2 rings (SSSR count). The zero-order valence-corrected chi connectivity index (χ0v) is 10.1. The van der Waals surface area contributed by atoms with Crippen LogP contribution in [0.25, 0.3) is 0 Å². The van der Waals surface area contributed by atoms with Crippen LogP contribution >= 0.6 is 12.4 Å². The number of rotatable bonds is 2. The lowest BCUT2D eigenvalue weighted by molar-refractivity contribution is -0.120.